The van der Waals surface area contributed by atoms with Crippen molar-refractivity contribution in [3.8, 4) is 0 Å². The molecular formula is C14H22O4. The van der Waals surface area contributed by atoms with Gasteiger partial charge in [0.25, 0.3) is 0 Å². The highest BCUT2D eigenvalue weighted by Gasteiger charge is 2.55. The molecule has 0 aromatic rings. The Morgan fingerprint density at radius 1 is 1.33 bits per heavy atom. The van der Waals surface area contributed by atoms with Crippen molar-refractivity contribution in [1.82, 2.24) is 0 Å². The van der Waals surface area contributed by atoms with Gasteiger partial charge in [-0.1, -0.05) is 0 Å². The number of hydrogen-bond donors (Lipinski definition) is 0. The molecule has 0 unspecified atom stereocenters. The topological polar surface area (TPSA) is 44.8 Å². The largest absolute Gasteiger partial charge is 0.501 e. The molecule has 0 spiro atoms. The average molecular weight is 254 g/mol. The fraction of sp³-hybridized carbons (Fsp3) is 0.786. The molecule has 0 saturated heterocycles. The number of carbonyl (C=O) groups is 1. The van der Waals surface area contributed by atoms with Crippen LogP contribution >= 0.6 is 0 Å². The van der Waals surface area contributed by atoms with Crippen molar-refractivity contribution < 1.29 is 19.0 Å². The quantitative estimate of drug-likeness (QED) is 0.724. The minimum absolute atomic E-state index is 0.198. The molecular weight excluding hydrogens is 232 g/mol. The minimum Gasteiger partial charge on any atom is -0.501 e. The standard InChI is InChI=1S/C14H22O4/c1-14(2,3)18-13(15)10-6-8-9(12(8)17-5)7-11(10)16-4/h7-10,12H,6H2,1-5H3/t8-,9+,10-,12-/m1/s1. The van der Waals surface area contributed by atoms with E-state index < -0.39 is 5.60 Å². The molecule has 0 radical (unpaired) electrons. The third kappa shape index (κ3) is 2.53. The summed E-state index contributed by atoms with van der Waals surface area (Å²) in [5, 5.41) is 0. The lowest BCUT2D eigenvalue weighted by Crippen LogP contribution is -2.31. The molecule has 1 fully saturated rings. The summed E-state index contributed by atoms with van der Waals surface area (Å²) in [5.74, 6) is 1.09. The van der Waals surface area contributed by atoms with Gasteiger partial charge in [-0.05, 0) is 39.2 Å². The average Bonchev–Trinajstić information content (AvgIpc) is 2.96. The molecule has 1 saturated carbocycles. The Bertz CT molecular complexity index is 366. The Labute approximate surface area is 108 Å². The summed E-state index contributed by atoms with van der Waals surface area (Å²) in [7, 11) is 3.32. The van der Waals surface area contributed by atoms with Gasteiger partial charge in [0.1, 0.15) is 17.3 Å². The van der Waals surface area contributed by atoms with Gasteiger partial charge in [-0.3, -0.25) is 4.79 Å². The van der Waals surface area contributed by atoms with Crippen LogP contribution in [0.5, 0.6) is 0 Å². The fourth-order valence-electron chi connectivity index (χ4n) is 2.70. The fourth-order valence-corrected chi connectivity index (χ4v) is 2.70. The van der Waals surface area contributed by atoms with E-state index >= 15 is 0 Å². The van der Waals surface area contributed by atoms with Gasteiger partial charge in [0.05, 0.1) is 13.2 Å². The predicted molar refractivity (Wildman–Crippen MR) is 66.8 cm³/mol. The SMILES string of the molecule is COC1=C[C@H]2[C@@H](C[C@H]1C(=O)OC(C)(C)C)[C@H]2OC. The number of ether oxygens (including phenoxy) is 3. The van der Waals surface area contributed by atoms with Gasteiger partial charge in [-0.25, -0.2) is 0 Å². The molecule has 0 heterocycles. The monoisotopic (exact) mass is 254 g/mol. The molecule has 2 rings (SSSR count). The molecule has 2 aliphatic rings. The zero-order chi connectivity index (χ0) is 13.5. The maximum atomic E-state index is 12.2. The van der Waals surface area contributed by atoms with Crippen molar-refractivity contribution in [2.45, 2.75) is 38.9 Å². The van der Waals surface area contributed by atoms with Crippen molar-refractivity contribution in [2.24, 2.45) is 17.8 Å². The molecule has 0 aromatic carbocycles. The Morgan fingerprint density at radius 2 is 2.00 bits per heavy atom. The van der Waals surface area contributed by atoms with E-state index in [0.29, 0.717) is 11.8 Å². The van der Waals surface area contributed by atoms with Crippen molar-refractivity contribution in [3.05, 3.63) is 11.8 Å². The van der Waals surface area contributed by atoms with Crippen molar-refractivity contribution in [3.63, 3.8) is 0 Å². The first-order valence-corrected chi connectivity index (χ1v) is 6.38. The van der Waals surface area contributed by atoms with Crippen LogP contribution in [0.15, 0.2) is 11.8 Å². The second-order valence-corrected chi connectivity index (χ2v) is 6.04. The van der Waals surface area contributed by atoms with Crippen LogP contribution in [0.4, 0.5) is 0 Å². The Hall–Kier alpha value is -1.03. The van der Waals surface area contributed by atoms with Crippen LogP contribution in [0.3, 0.4) is 0 Å². The summed E-state index contributed by atoms with van der Waals surface area (Å²) in [4.78, 5) is 12.2. The van der Waals surface area contributed by atoms with Crippen molar-refractivity contribution in [1.29, 1.82) is 0 Å². The van der Waals surface area contributed by atoms with E-state index in [1.165, 1.54) is 0 Å². The zero-order valence-corrected chi connectivity index (χ0v) is 11.7. The molecule has 4 nitrogen and oxygen atoms in total. The molecule has 0 aromatic heterocycles. The first-order valence-electron chi connectivity index (χ1n) is 6.38. The third-order valence-corrected chi connectivity index (χ3v) is 3.56. The predicted octanol–water partition coefficient (Wildman–Crippen LogP) is 2.14. The van der Waals surface area contributed by atoms with E-state index in [0.717, 1.165) is 12.2 Å². The molecule has 2 aliphatic carbocycles. The normalized spacial score (nSPS) is 34.4. The van der Waals surface area contributed by atoms with Crippen LogP contribution < -0.4 is 0 Å². The third-order valence-electron chi connectivity index (χ3n) is 3.56. The minimum atomic E-state index is -0.461. The van der Waals surface area contributed by atoms with Crippen LogP contribution in [0.1, 0.15) is 27.2 Å². The maximum absolute atomic E-state index is 12.2. The van der Waals surface area contributed by atoms with Gasteiger partial charge < -0.3 is 14.2 Å². The molecule has 18 heavy (non-hydrogen) atoms. The summed E-state index contributed by atoms with van der Waals surface area (Å²) < 4.78 is 16.2. The number of hydrogen-bond acceptors (Lipinski definition) is 4. The number of rotatable bonds is 3. The van der Waals surface area contributed by atoms with Gasteiger partial charge in [-0.15, -0.1) is 0 Å². The van der Waals surface area contributed by atoms with E-state index in [2.05, 4.69) is 0 Å². The highest BCUT2D eigenvalue weighted by atomic mass is 16.6. The summed E-state index contributed by atoms with van der Waals surface area (Å²) >= 11 is 0. The second-order valence-electron chi connectivity index (χ2n) is 6.04. The lowest BCUT2D eigenvalue weighted by atomic mass is 9.93. The summed E-state index contributed by atoms with van der Waals surface area (Å²) in [6, 6.07) is 0. The first kappa shape index (κ1) is 13.4. The van der Waals surface area contributed by atoms with E-state index in [4.69, 9.17) is 14.2 Å². The first-order chi connectivity index (χ1) is 8.37. The molecule has 102 valence electrons. The highest BCUT2D eigenvalue weighted by molar-refractivity contribution is 5.76. The Kier molecular flexibility index (Phi) is 3.41. The zero-order valence-electron chi connectivity index (χ0n) is 11.7. The molecule has 0 amide bonds. The lowest BCUT2D eigenvalue weighted by molar-refractivity contribution is -0.160. The summed E-state index contributed by atoms with van der Waals surface area (Å²) in [6.45, 7) is 5.63. The van der Waals surface area contributed by atoms with Crippen molar-refractivity contribution >= 4 is 5.97 Å². The Balaban J connectivity index is 2.07. The molecule has 0 aliphatic heterocycles. The van der Waals surface area contributed by atoms with Gasteiger partial charge in [-0.2, -0.15) is 0 Å². The van der Waals surface area contributed by atoms with Crippen LogP contribution in [-0.2, 0) is 19.0 Å². The number of esters is 1. The molecule has 0 bridgehead atoms. The van der Waals surface area contributed by atoms with E-state index in [1.54, 1.807) is 14.2 Å². The second kappa shape index (κ2) is 4.57. The maximum Gasteiger partial charge on any atom is 0.317 e. The van der Waals surface area contributed by atoms with Crippen LogP contribution in [0.25, 0.3) is 0 Å². The van der Waals surface area contributed by atoms with Crippen LogP contribution in [0.2, 0.25) is 0 Å². The molecule has 4 heteroatoms. The number of fused-ring (bicyclic) bond motifs is 1. The summed E-state index contributed by atoms with van der Waals surface area (Å²) in [6.07, 6.45) is 3.02. The van der Waals surface area contributed by atoms with Crippen LogP contribution in [0, 0.1) is 17.8 Å². The molecule has 4 atom stereocenters. The van der Waals surface area contributed by atoms with Gasteiger partial charge in [0.15, 0.2) is 0 Å². The van der Waals surface area contributed by atoms with E-state index in [1.807, 2.05) is 26.8 Å². The smallest absolute Gasteiger partial charge is 0.317 e. The van der Waals surface area contributed by atoms with Crippen molar-refractivity contribution in [2.75, 3.05) is 14.2 Å². The van der Waals surface area contributed by atoms with E-state index in [9.17, 15) is 4.79 Å². The Morgan fingerprint density at radius 3 is 2.50 bits per heavy atom. The van der Waals surface area contributed by atoms with Crippen LogP contribution in [-0.4, -0.2) is 31.9 Å². The highest BCUT2D eigenvalue weighted by Crippen LogP contribution is 2.52. The number of carbonyl (C=O) groups excluding carboxylic acids is 1. The van der Waals surface area contributed by atoms with Gasteiger partial charge >= 0.3 is 5.97 Å². The van der Waals surface area contributed by atoms with Gasteiger partial charge in [0.2, 0.25) is 0 Å². The van der Waals surface area contributed by atoms with E-state index in [-0.39, 0.29) is 18.0 Å². The van der Waals surface area contributed by atoms with Gasteiger partial charge in [0, 0.05) is 13.0 Å². The lowest BCUT2D eigenvalue weighted by Gasteiger charge is -2.26. The molecule has 0 N–H and O–H groups in total. The number of methoxy groups -OCH3 is 2. The summed E-state index contributed by atoms with van der Waals surface area (Å²) in [5.41, 5.74) is -0.461.